The molecule has 2 rings (SSSR count). The number of hydrogen-bond donors (Lipinski definition) is 3. The van der Waals surface area contributed by atoms with E-state index in [-0.39, 0.29) is 11.3 Å². The molecule has 0 spiro atoms. The minimum atomic E-state index is 0.0486. The Morgan fingerprint density at radius 2 is 2.21 bits per heavy atom. The van der Waals surface area contributed by atoms with E-state index in [4.69, 9.17) is 5.73 Å². The van der Waals surface area contributed by atoms with Crippen LogP contribution in [0.4, 0.5) is 0 Å². The van der Waals surface area contributed by atoms with Gasteiger partial charge in [0.1, 0.15) is 5.82 Å². The molecule has 1 aromatic heterocycles. The Kier molecular flexibility index (Phi) is 4.96. The number of nitrogens with two attached hydrogens (primary N) is 1. The Morgan fingerprint density at radius 1 is 1.42 bits per heavy atom. The van der Waals surface area contributed by atoms with Crippen LogP contribution in [0.5, 0.6) is 0 Å². The zero-order chi connectivity index (χ0) is 13.6. The third kappa shape index (κ3) is 4.06. The Balaban J connectivity index is 1.73. The molecule has 0 unspecified atom stereocenters. The zero-order valence-electron chi connectivity index (χ0n) is 11.5. The third-order valence-corrected chi connectivity index (χ3v) is 4.12. The highest BCUT2D eigenvalue weighted by molar-refractivity contribution is 5.76. The maximum Gasteiger partial charge on any atom is 0.220 e. The number of aromatic amines is 1. The van der Waals surface area contributed by atoms with Gasteiger partial charge in [0.25, 0.3) is 0 Å². The molecule has 106 valence electrons. The van der Waals surface area contributed by atoms with E-state index < -0.39 is 0 Å². The number of carbonyl (C=O) groups excluding carboxylic acids is 1. The molecule has 4 N–H and O–H groups in total. The van der Waals surface area contributed by atoms with Gasteiger partial charge in [-0.25, -0.2) is 4.98 Å². The summed E-state index contributed by atoms with van der Waals surface area (Å²) in [4.78, 5) is 19.2. The molecular formula is C14H24N4O. The second-order valence-corrected chi connectivity index (χ2v) is 5.58. The van der Waals surface area contributed by atoms with Crippen molar-refractivity contribution in [2.45, 2.75) is 44.9 Å². The summed E-state index contributed by atoms with van der Waals surface area (Å²) in [5, 5.41) is 2.97. The van der Waals surface area contributed by atoms with Crippen LogP contribution in [0.1, 0.15) is 44.3 Å². The van der Waals surface area contributed by atoms with E-state index in [1.807, 2.05) is 0 Å². The lowest BCUT2D eigenvalue weighted by atomic mass is 9.71. The normalized spacial score (nSPS) is 18.2. The number of nitrogens with one attached hydrogen (secondary N) is 2. The van der Waals surface area contributed by atoms with Crippen molar-refractivity contribution in [2.75, 3.05) is 13.1 Å². The molecule has 0 aliphatic heterocycles. The van der Waals surface area contributed by atoms with Gasteiger partial charge >= 0.3 is 0 Å². The Labute approximate surface area is 114 Å². The van der Waals surface area contributed by atoms with Crippen molar-refractivity contribution >= 4 is 5.91 Å². The highest BCUT2D eigenvalue weighted by Gasteiger charge is 2.32. The van der Waals surface area contributed by atoms with E-state index in [1.165, 1.54) is 19.3 Å². The van der Waals surface area contributed by atoms with Gasteiger partial charge in [0.2, 0.25) is 5.91 Å². The second-order valence-electron chi connectivity index (χ2n) is 5.58. The molecule has 0 atom stereocenters. The van der Waals surface area contributed by atoms with Crippen molar-refractivity contribution in [1.82, 2.24) is 15.3 Å². The molecule has 1 aliphatic carbocycles. The van der Waals surface area contributed by atoms with Gasteiger partial charge in [0.05, 0.1) is 0 Å². The van der Waals surface area contributed by atoms with Gasteiger partial charge in [0.15, 0.2) is 0 Å². The molecule has 19 heavy (non-hydrogen) atoms. The molecule has 5 heteroatoms. The molecule has 1 aromatic rings. The van der Waals surface area contributed by atoms with Crippen molar-refractivity contribution in [3.63, 3.8) is 0 Å². The molecule has 5 nitrogen and oxygen atoms in total. The number of nitrogens with zero attached hydrogens (tertiary/aromatic N) is 1. The largest absolute Gasteiger partial charge is 0.356 e. The number of amides is 1. The van der Waals surface area contributed by atoms with Gasteiger partial charge in [-0.3, -0.25) is 4.79 Å². The molecule has 1 aliphatic rings. The summed E-state index contributed by atoms with van der Waals surface area (Å²) in [6, 6.07) is 0. The smallest absolute Gasteiger partial charge is 0.220 e. The van der Waals surface area contributed by atoms with Crippen LogP contribution in [0.3, 0.4) is 0 Å². The van der Waals surface area contributed by atoms with Crippen LogP contribution in [-0.2, 0) is 11.2 Å². The average Bonchev–Trinajstić information content (AvgIpc) is 2.93. The summed E-state index contributed by atoms with van der Waals surface area (Å²) in [6.45, 7) is 1.26. The minimum absolute atomic E-state index is 0.0486. The standard InChI is InChI=1S/C14H24N4O/c15-11-14(5-2-1-3-6-14)10-13(19)18-7-4-12-16-8-9-17-12/h8-9H,1-7,10-11,15H2,(H,16,17)(H,18,19). The van der Waals surface area contributed by atoms with Gasteiger partial charge in [-0.15, -0.1) is 0 Å². The average molecular weight is 264 g/mol. The first-order valence-corrected chi connectivity index (χ1v) is 7.19. The van der Waals surface area contributed by atoms with Gasteiger partial charge in [-0.1, -0.05) is 19.3 Å². The molecule has 0 radical (unpaired) electrons. The van der Waals surface area contributed by atoms with Crippen LogP contribution >= 0.6 is 0 Å². The van der Waals surface area contributed by atoms with Crippen molar-refractivity contribution in [2.24, 2.45) is 11.1 Å². The summed E-state index contributed by atoms with van der Waals surface area (Å²) in [6.07, 6.45) is 10.7. The monoisotopic (exact) mass is 264 g/mol. The van der Waals surface area contributed by atoms with Gasteiger partial charge in [-0.2, -0.15) is 0 Å². The molecule has 1 fully saturated rings. The fraction of sp³-hybridized carbons (Fsp3) is 0.714. The van der Waals surface area contributed by atoms with Crippen LogP contribution in [0, 0.1) is 5.41 Å². The summed E-state index contributed by atoms with van der Waals surface area (Å²) in [7, 11) is 0. The summed E-state index contributed by atoms with van der Waals surface area (Å²) in [5.74, 6) is 1.03. The first-order chi connectivity index (χ1) is 9.24. The lowest BCUT2D eigenvalue weighted by Crippen LogP contribution is -2.39. The molecule has 1 amide bonds. The van der Waals surface area contributed by atoms with Crippen LogP contribution in [-0.4, -0.2) is 29.0 Å². The Bertz CT molecular complexity index is 382. The molecule has 0 saturated heterocycles. The lowest BCUT2D eigenvalue weighted by Gasteiger charge is -2.35. The first kappa shape index (κ1) is 14.1. The lowest BCUT2D eigenvalue weighted by molar-refractivity contribution is -0.123. The highest BCUT2D eigenvalue weighted by atomic mass is 16.1. The minimum Gasteiger partial charge on any atom is -0.356 e. The maximum atomic E-state index is 12.0. The van der Waals surface area contributed by atoms with E-state index in [1.54, 1.807) is 12.4 Å². The molecule has 1 heterocycles. The summed E-state index contributed by atoms with van der Waals surface area (Å²) >= 11 is 0. The first-order valence-electron chi connectivity index (χ1n) is 7.19. The topological polar surface area (TPSA) is 83.8 Å². The van der Waals surface area contributed by atoms with Gasteiger partial charge < -0.3 is 16.0 Å². The number of hydrogen-bond acceptors (Lipinski definition) is 3. The molecule has 0 aromatic carbocycles. The second kappa shape index (κ2) is 6.70. The fourth-order valence-electron chi connectivity index (χ4n) is 2.91. The van der Waals surface area contributed by atoms with Crippen LogP contribution in [0.25, 0.3) is 0 Å². The van der Waals surface area contributed by atoms with Crippen molar-refractivity contribution in [3.8, 4) is 0 Å². The number of carbonyl (C=O) groups is 1. The van der Waals surface area contributed by atoms with Gasteiger partial charge in [-0.05, 0) is 24.8 Å². The maximum absolute atomic E-state index is 12.0. The van der Waals surface area contributed by atoms with E-state index in [0.29, 0.717) is 19.5 Å². The predicted octanol–water partition coefficient (Wildman–Crippen LogP) is 1.37. The third-order valence-electron chi connectivity index (χ3n) is 4.12. The molecule has 0 bridgehead atoms. The van der Waals surface area contributed by atoms with E-state index in [2.05, 4.69) is 15.3 Å². The quantitative estimate of drug-likeness (QED) is 0.725. The number of rotatable bonds is 6. The predicted molar refractivity (Wildman–Crippen MR) is 74.5 cm³/mol. The summed E-state index contributed by atoms with van der Waals surface area (Å²) in [5.41, 5.74) is 5.95. The van der Waals surface area contributed by atoms with Gasteiger partial charge in [0, 0.05) is 31.8 Å². The van der Waals surface area contributed by atoms with Crippen LogP contribution in [0.2, 0.25) is 0 Å². The number of aromatic nitrogens is 2. The number of imidazole rings is 1. The zero-order valence-corrected chi connectivity index (χ0v) is 11.5. The Morgan fingerprint density at radius 3 is 2.84 bits per heavy atom. The van der Waals surface area contributed by atoms with E-state index >= 15 is 0 Å². The Hall–Kier alpha value is -1.36. The SMILES string of the molecule is NCC1(CC(=O)NCCc2ncc[nH]2)CCCCC1. The fourth-order valence-corrected chi connectivity index (χ4v) is 2.91. The van der Waals surface area contributed by atoms with Crippen molar-refractivity contribution in [1.29, 1.82) is 0 Å². The van der Waals surface area contributed by atoms with E-state index in [0.717, 1.165) is 25.1 Å². The summed E-state index contributed by atoms with van der Waals surface area (Å²) < 4.78 is 0. The molecular weight excluding hydrogens is 240 g/mol. The highest BCUT2D eigenvalue weighted by Crippen LogP contribution is 2.38. The molecule has 1 saturated carbocycles. The van der Waals surface area contributed by atoms with Crippen LogP contribution < -0.4 is 11.1 Å². The van der Waals surface area contributed by atoms with E-state index in [9.17, 15) is 4.79 Å². The number of H-pyrrole nitrogens is 1. The van der Waals surface area contributed by atoms with Crippen molar-refractivity contribution in [3.05, 3.63) is 18.2 Å². The van der Waals surface area contributed by atoms with Crippen LogP contribution in [0.15, 0.2) is 12.4 Å². The van der Waals surface area contributed by atoms with Crippen molar-refractivity contribution < 1.29 is 4.79 Å².